The van der Waals surface area contributed by atoms with E-state index in [0.717, 1.165) is 23.7 Å². The fourth-order valence-electron chi connectivity index (χ4n) is 4.38. The Morgan fingerprint density at radius 3 is 2.12 bits per heavy atom. The number of hydrogen-bond donors (Lipinski definition) is 3. The summed E-state index contributed by atoms with van der Waals surface area (Å²) in [6.45, 7) is 0.0697. The van der Waals surface area contributed by atoms with Gasteiger partial charge in [0.05, 0.1) is 6.54 Å². The van der Waals surface area contributed by atoms with Crippen molar-refractivity contribution >= 4 is 5.91 Å². The molecule has 4 fully saturated rings. The molecule has 0 aliphatic heterocycles. The van der Waals surface area contributed by atoms with Gasteiger partial charge in [-0.25, -0.2) is 5.43 Å². The first-order valence-electron chi connectivity index (χ1n) is 6.50. The molecule has 4 nitrogen and oxygen atoms in total. The Morgan fingerprint density at radius 1 is 1.06 bits per heavy atom. The molecule has 4 saturated carbocycles. The second-order valence-electron chi connectivity index (χ2n) is 5.85. The zero-order valence-corrected chi connectivity index (χ0v) is 9.61. The highest BCUT2D eigenvalue weighted by Gasteiger charge is 2.48. The fourth-order valence-corrected chi connectivity index (χ4v) is 4.38. The normalized spacial score (nSPS) is 44.7. The van der Waals surface area contributed by atoms with Gasteiger partial charge in [-0.1, -0.05) is 0 Å². The molecule has 1 amide bonds. The molecule has 0 atom stereocenters. The summed E-state index contributed by atoms with van der Waals surface area (Å²) < 4.78 is 0. The standard InChI is InChI=1S/C12H21N3O/c13-6-11(16)14-15-12-9-2-7-1-8(4-9)5-10(12)3-7/h7-10,12,15H,1-6,13H2,(H,14,16). The van der Waals surface area contributed by atoms with Crippen molar-refractivity contribution in [1.82, 2.24) is 10.9 Å². The van der Waals surface area contributed by atoms with Crippen LogP contribution in [0.2, 0.25) is 0 Å². The topological polar surface area (TPSA) is 67.2 Å². The van der Waals surface area contributed by atoms with E-state index in [-0.39, 0.29) is 12.5 Å². The Balaban J connectivity index is 1.61. The minimum atomic E-state index is -0.103. The van der Waals surface area contributed by atoms with Crippen molar-refractivity contribution in [2.45, 2.75) is 38.1 Å². The van der Waals surface area contributed by atoms with Crippen LogP contribution in [0.1, 0.15) is 32.1 Å². The van der Waals surface area contributed by atoms with E-state index in [1.165, 1.54) is 32.1 Å². The third-order valence-corrected chi connectivity index (χ3v) is 4.79. The molecule has 4 heteroatoms. The molecule has 16 heavy (non-hydrogen) atoms. The lowest BCUT2D eigenvalue weighted by molar-refractivity contribution is -0.122. The van der Waals surface area contributed by atoms with Crippen LogP contribution in [0.4, 0.5) is 0 Å². The first kappa shape index (κ1) is 10.5. The summed E-state index contributed by atoms with van der Waals surface area (Å²) in [5.41, 5.74) is 11.3. The SMILES string of the molecule is NCC(=O)NNC1C2CC3CC(C2)CC1C3. The number of hydrazine groups is 1. The lowest BCUT2D eigenvalue weighted by atomic mass is 9.54. The predicted octanol–water partition coefficient (Wildman–Crippen LogP) is 0.391. The molecule has 0 radical (unpaired) electrons. The van der Waals surface area contributed by atoms with Crippen molar-refractivity contribution in [3.05, 3.63) is 0 Å². The summed E-state index contributed by atoms with van der Waals surface area (Å²) in [4.78, 5) is 11.1. The van der Waals surface area contributed by atoms with Gasteiger partial charge in [0.2, 0.25) is 5.91 Å². The molecular formula is C12H21N3O. The van der Waals surface area contributed by atoms with E-state index in [4.69, 9.17) is 5.73 Å². The van der Waals surface area contributed by atoms with Crippen LogP contribution in [-0.2, 0) is 4.79 Å². The third kappa shape index (κ3) is 1.74. The van der Waals surface area contributed by atoms with Gasteiger partial charge in [-0.05, 0) is 55.8 Å². The summed E-state index contributed by atoms with van der Waals surface area (Å²) in [7, 11) is 0. The number of nitrogens with one attached hydrogen (secondary N) is 2. The Labute approximate surface area is 96.3 Å². The quantitative estimate of drug-likeness (QED) is 0.606. The molecule has 0 aromatic rings. The molecule has 90 valence electrons. The Hall–Kier alpha value is -0.610. The van der Waals surface area contributed by atoms with E-state index >= 15 is 0 Å². The minimum Gasteiger partial charge on any atom is -0.322 e. The summed E-state index contributed by atoms with van der Waals surface area (Å²) in [5.74, 6) is 3.42. The van der Waals surface area contributed by atoms with Gasteiger partial charge >= 0.3 is 0 Å². The zero-order chi connectivity index (χ0) is 11.1. The number of rotatable bonds is 3. The Bertz CT molecular complexity index is 264. The summed E-state index contributed by atoms with van der Waals surface area (Å²) in [6, 6.07) is 0.503. The van der Waals surface area contributed by atoms with E-state index in [9.17, 15) is 4.79 Å². The number of carbonyl (C=O) groups is 1. The van der Waals surface area contributed by atoms with Crippen LogP contribution in [0.15, 0.2) is 0 Å². The van der Waals surface area contributed by atoms with E-state index in [1.54, 1.807) is 0 Å². The van der Waals surface area contributed by atoms with E-state index in [0.29, 0.717) is 6.04 Å². The second-order valence-corrected chi connectivity index (χ2v) is 5.85. The van der Waals surface area contributed by atoms with Gasteiger partial charge in [0, 0.05) is 6.04 Å². The minimum absolute atomic E-state index is 0.0697. The monoisotopic (exact) mass is 223 g/mol. The summed E-state index contributed by atoms with van der Waals surface area (Å²) in [6.07, 6.45) is 6.92. The van der Waals surface area contributed by atoms with Crippen molar-refractivity contribution < 1.29 is 4.79 Å². The van der Waals surface area contributed by atoms with Crippen LogP contribution in [0.3, 0.4) is 0 Å². The summed E-state index contributed by atoms with van der Waals surface area (Å²) >= 11 is 0. The van der Waals surface area contributed by atoms with Crippen LogP contribution in [0, 0.1) is 23.7 Å². The zero-order valence-electron chi connectivity index (χ0n) is 9.61. The first-order valence-corrected chi connectivity index (χ1v) is 6.50. The molecule has 4 aliphatic carbocycles. The van der Waals surface area contributed by atoms with Crippen LogP contribution >= 0.6 is 0 Å². The van der Waals surface area contributed by atoms with Gasteiger partial charge in [0.1, 0.15) is 0 Å². The van der Waals surface area contributed by atoms with Crippen molar-refractivity contribution in [3.63, 3.8) is 0 Å². The van der Waals surface area contributed by atoms with Gasteiger partial charge in [-0.15, -0.1) is 0 Å². The maximum atomic E-state index is 11.1. The average Bonchev–Trinajstić information content (AvgIpc) is 2.26. The van der Waals surface area contributed by atoms with Crippen LogP contribution < -0.4 is 16.6 Å². The van der Waals surface area contributed by atoms with Gasteiger partial charge < -0.3 is 5.73 Å². The fraction of sp³-hybridized carbons (Fsp3) is 0.917. The lowest BCUT2D eigenvalue weighted by Gasteiger charge is -2.54. The number of amides is 1. The second kappa shape index (κ2) is 4.00. The lowest BCUT2D eigenvalue weighted by Crippen LogP contribution is -2.59. The van der Waals surface area contributed by atoms with Gasteiger partial charge in [0.15, 0.2) is 0 Å². The van der Waals surface area contributed by atoms with Crippen molar-refractivity contribution in [3.8, 4) is 0 Å². The molecule has 0 unspecified atom stereocenters. The van der Waals surface area contributed by atoms with Gasteiger partial charge in [0.25, 0.3) is 0 Å². The molecule has 4 aliphatic rings. The van der Waals surface area contributed by atoms with Crippen LogP contribution in [0.5, 0.6) is 0 Å². The average molecular weight is 223 g/mol. The van der Waals surface area contributed by atoms with Gasteiger partial charge in [-0.2, -0.15) is 0 Å². The highest BCUT2D eigenvalue weighted by molar-refractivity contribution is 5.77. The van der Waals surface area contributed by atoms with Crippen molar-refractivity contribution in [1.29, 1.82) is 0 Å². The molecule has 4 N–H and O–H groups in total. The molecule has 0 saturated heterocycles. The summed E-state index contributed by atoms with van der Waals surface area (Å²) in [5, 5.41) is 0. The number of carbonyl (C=O) groups excluding carboxylic acids is 1. The maximum absolute atomic E-state index is 11.1. The van der Waals surface area contributed by atoms with Gasteiger partial charge in [-0.3, -0.25) is 10.2 Å². The van der Waals surface area contributed by atoms with Crippen LogP contribution in [-0.4, -0.2) is 18.5 Å². The highest BCUT2D eigenvalue weighted by atomic mass is 16.2. The Morgan fingerprint density at radius 2 is 1.62 bits per heavy atom. The number of hydrogen-bond acceptors (Lipinski definition) is 3. The molecular weight excluding hydrogens is 202 g/mol. The third-order valence-electron chi connectivity index (χ3n) is 4.79. The first-order chi connectivity index (χ1) is 7.76. The van der Waals surface area contributed by atoms with E-state index in [2.05, 4.69) is 10.9 Å². The smallest absolute Gasteiger partial charge is 0.247 e. The predicted molar refractivity (Wildman–Crippen MR) is 61.2 cm³/mol. The largest absolute Gasteiger partial charge is 0.322 e. The number of nitrogens with two attached hydrogens (primary N) is 1. The van der Waals surface area contributed by atoms with Crippen molar-refractivity contribution in [2.75, 3.05) is 6.54 Å². The van der Waals surface area contributed by atoms with Crippen LogP contribution in [0.25, 0.3) is 0 Å². The molecule has 0 aromatic heterocycles. The van der Waals surface area contributed by atoms with Crippen molar-refractivity contribution in [2.24, 2.45) is 29.4 Å². The molecule has 4 rings (SSSR count). The maximum Gasteiger partial charge on any atom is 0.247 e. The highest BCUT2D eigenvalue weighted by Crippen LogP contribution is 2.53. The molecule has 0 spiro atoms. The molecule has 0 aromatic carbocycles. The van der Waals surface area contributed by atoms with E-state index in [1.807, 2.05) is 0 Å². The molecule has 4 bridgehead atoms. The Kier molecular flexibility index (Phi) is 2.64. The van der Waals surface area contributed by atoms with E-state index < -0.39 is 0 Å². The molecule has 0 heterocycles.